The zero-order valence-electron chi connectivity index (χ0n) is 10.9. The Bertz CT molecular complexity index is 531. The van der Waals surface area contributed by atoms with E-state index in [4.69, 9.17) is 0 Å². The third-order valence-corrected chi connectivity index (χ3v) is 2.93. The van der Waals surface area contributed by atoms with Gasteiger partial charge in [-0.1, -0.05) is 30.3 Å². The van der Waals surface area contributed by atoms with Crippen molar-refractivity contribution in [1.82, 2.24) is 9.96 Å². The van der Waals surface area contributed by atoms with Gasteiger partial charge in [0.1, 0.15) is 6.04 Å². The van der Waals surface area contributed by atoms with Crippen LogP contribution >= 0.6 is 0 Å². The summed E-state index contributed by atoms with van der Waals surface area (Å²) in [5, 5.41) is 10.1. The van der Waals surface area contributed by atoms with E-state index in [0.29, 0.717) is 0 Å². The topological polar surface area (TPSA) is 87.2 Å². The van der Waals surface area contributed by atoms with Crippen molar-refractivity contribution < 1.29 is 24.3 Å². The Labute approximate surface area is 115 Å². The van der Waals surface area contributed by atoms with Gasteiger partial charge in [-0.3, -0.25) is 14.5 Å². The lowest BCUT2D eigenvalue weighted by atomic mass is 10.1. The monoisotopic (exact) mass is 278 g/mol. The molecule has 0 bridgehead atoms. The molecule has 1 heterocycles. The molecule has 7 heteroatoms. The molecule has 20 heavy (non-hydrogen) atoms. The molecule has 1 saturated heterocycles. The lowest BCUT2D eigenvalue weighted by Gasteiger charge is -2.40. The van der Waals surface area contributed by atoms with Crippen molar-refractivity contribution in [3.63, 3.8) is 0 Å². The highest BCUT2D eigenvalue weighted by molar-refractivity contribution is 5.90. The molecule has 0 spiro atoms. The zero-order valence-corrected chi connectivity index (χ0v) is 10.9. The standard InChI is InChI=1S/C13H14N2O5/c1-9(16)20-15-8-11(12(15)17)14(13(18)19)7-10-5-3-2-4-6-10/h2-6,11H,7-8H2,1H3,(H,18,19). The third kappa shape index (κ3) is 2.87. The zero-order chi connectivity index (χ0) is 14.7. The molecule has 106 valence electrons. The van der Waals surface area contributed by atoms with E-state index in [1.165, 1.54) is 6.92 Å². The number of hydrogen-bond donors (Lipinski definition) is 1. The number of hydroxylamine groups is 2. The summed E-state index contributed by atoms with van der Waals surface area (Å²) in [4.78, 5) is 39.5. The van der Waals surface area contributed by atoms with Crippen LogP contribution in [0.2, 0.25) is 0 Å². The first kappa shape index (κ1) is 13.9. The molecule has 0 aromatic heterocycles. The Kier molecular flexibility index (Phi) is 3.88. The first-order valence-corrected chi connectivity index (χ1v) is 6.02. The summed E-state index contributed by atoms with van der Waals surface area (Å²) in [6.07, 6.45) is -1.19. The number of hydrogen-bond acceptors (Lipinski definition) is 4. The summed E-state index contributed by atoms with van der Waals surface area (Å²) in [7, 11) is 0. The number of carbonyl (C=O) groups excluding carboxylic acids is 2. The fourth-order valence-corrected chi connectivity index (χ4v) is 1.94. The Morgan fingerprint density at radius 3 is 2.55 bits per heavy atom. The Morgan fingerprint density at radius 2 is 2.05 bits per heavy atom. The molecule has 1 aliphatic rings. The molecular weight excluding hydrogens is 264 g/mol. The summed E-state index contributed by atoms with van der Waals surface area (Å²) in [5.41, 5.74) is 0.786. The lowest BCUT2D eigenvalue weighted by molar-refractivity contribution is -0.220. The maximum Gasteiger partial charge on any atom is 0.408 e. The van der Waals surface area contributed by atoms with E-state index in [1.807, 2.05) is 6.07 Å². The van der Waals surface area contributed by atoms with Crippen molar-refractivity contribution >= 4 is 18.0 Å². The number of nitrogens with zero attached hydrogens (tertiary/aromatic N) is 2. The van der Waals surface area contributed by atoms with Crippen LogP contribution in [0.1, 0.15) is 12.5 Å². The average Bonchev–Trinajstić information content (AvgIpc) is 2.41. The second kappa shape index (κ2) is 5.60. The highest BCUT2D eigenvalue weighted by atomic mass is 16.7. The molecule has 1 aromatic rings. The SMILES string of the molecule is CC(=O)ON1CC(N(Cc2ccccc2)C(=O)O)C1=O. The fourth-order valence-electron chi connectivity index (χ4n) is 1.94. The van der Waals surface area contributed by atoms with E-state index in [9.17, 15) is 19.5 Å². The molecule has 0 saturated carbocycles. The number of rotatable bonds is 4. The molecular formula is C13H14N2O5. The first-order chi connectivity index (χ1) is 9.49. The van der Waals surface area contributed by atoms with Crippen molar-refractivity contribution in [2.45, 2.75) is 19.5 Å². The normalized spacial score (nSPS) is 17.4. The van der Waals surface area contributed by atoms with Crippen LogP contribution in [0, 0.1) is 0 Å². The second-order valence-corrected chi connectivity index (χ2v) is 4.39. The largest absolute Gasteiger partial charge is 0.465 e. The van der Waals surface area contributed by atoms with Crippen molar-refractivity contribution in [2.24, 2.45) is 0 Å². The van der Waals surface area contributed by atoms with Crippen molar-refractivity contribution in [3.8, 4) is 0 Å². The van der Waals surface area contributed by atoms with Crippen LogP contribution in [-0.2, 0) is 21.0 Å². The minimum Gasteiger partial charge on any atom is -0.465 e. The van der Waals surface area contributed by atoms with Gasteiger partial charge in [-0.2, -0.15) is 5.06 Å². The van der Waals surface area contributed by atoms with Gasteiger partial charge in [0.25, 0.3) is 5.91 Å². The van der Waals surface area contributed by atoms with Gasteiger partial charge < -0.3 is 9.94 Å². The van der Waals surface area contributed by atoms with Crippen molar-refractivity contribution in [1.29, 1.82) is 0 Å². The van der Waals surface area contributed by atoms with Gasteiger partial charge in [-0.05, 0) is 5.56 Å². The minimum atomic E-state index is -1.19. The maximum atomic E-state index is 11.8. The molecule has 1 aliphatic heterocycles. The Hall–Kier alpha value is -2.57. The number of amides is 2. The molecule has 0 radical (unpaired) electrons. The Balaban J connectivity index is 2.03. The van der Waals surface area contributed by atoms with Crippen LogP contribution in [0.25, 0.3) is 0 Å². The van der Waals surface area contributed by atoms with Gasteiger partial charge in [0, 0.05) is 13.5 Å². The smallest absolute Gasteiger partial charge is 0.408 e. The van der Waals surface area contributed by atoms with E-state index < -0.39 is 24.0 Å². The summed E-state index contributed by atoms with van der Waals surface area (Å²) in [6.45, 7) is 1.34. The molecule has 7 nitrogen and oxygen atoms in total. The predicted octanol–water partition coefficient (Wildman–Crippen LogP) is 0.855. The van der Waals surface area contributed by atoms with Gasteiger partial charge in [0.05, 0.1) is 6.54 Å². The molecule has 0 aliphatic carbocycles. The lowest BCUT2D eigenvalue weighted by Crippen LogP contribution is -2.64. The van der Waals surface area contributed by atoms with Crippen molar-refractivity contribution in [2.75, 3.05) is 6.54 Å². The fraction of sp³-hybridized carbons (Fsp3) is 0.308. The van der Waals surface area contributed by atoms with Gasteiger partial charge in [-0.15, -0.1) is 0 Å². The Morgan fingerprint density at radius 1 is 1.40 bits per heavy atom. The highest BCUT2D eigenvalue weighted by Crippen LogP contribution is 2.20. The van der Waals surface area contributed by atoms with Gasteiger partial charge in [0.2, 0.25) is 0 Å². The van der Waals surface area contributed by atoms with Crippen LogP contribution in [0.4, 0.5) is 4.79 Å². The van der Waals surface area contributed by atoms with E-state index >= 15 is 0 Å². The molecule has 1 unspecified atom stereocenters. The summed E-state index contributed by atoms with van der Waals surface area (Å²) in [6, 6.07) is 8.16. The quantitative estimate of drug-likeness (QED) is 0.825. The van der Waals surface area contributed by atoms with Crippen LogP contribution in [0.5, 0.6) is 0 Å². The van der Waals surface area contributed by atoms with Crippen molar-refractivity contribution in [3.05, 3.63) is 35.9 Å². The van der Waals surface area contributed by atoms with Crippen LogP contribution in [-0.4, -0.2) is 45.6 Å². The summed E-state index contributed by atoms with van der Waals surface area (Å²) >= 11 is 0. The van der Waals surface area contributed by atoms with Crippen LogP contribution in [0.15, 0.2) is 30.3 Å². The molecule has 1 fully saturated rings. The number of carbonyl (C=O) groups is 3. The molecule has 2 rings (SSSR count). The maximum absolute atomic E-state index is 11.8. The summed E-state index contributed by atoms with van der Waals surface area (Å²) < 4.78 is 0. The molecule has 2 amide bonds. The van der Waals surface area contributed by atoms with E-state index in [1.54, 1.807) is 24.3 Å². The molecule has 1 aromatic carbocycles. The highest BCUT2D eigenvalue weighted by Gasteiger charge is 2.45. The van der Waals surface area contributed by atoms with Crippen LogP contribution < -0.4 is 0 Å². The van der Waals surface area contributed by atoms with Crippen LogP contribution in [0.3, 0.4) is 0 Å². The first-order valence-electron chi connectivity index (χ1n) is 6.02. The molecule has 1 N–H and O–H groups in total. The average molecular weight is 278 g/mol. The summed E-state index contributed by atoms with van der Waals surface area (Å²) in [5.74, 6) is -1.14. The van der Waals surface area contributed by atoms with Gasteiger partial charge in [-0.25, -0.2) is 4.79 Å². The number of carboxylic acid groups (broad SMARTS) is 1. The predicted molar refractivity (Wildman–Crippen MR) is 67.3 cm³/mol. The second-order valence-electron chi connectivity index (χ2n) is 4.39. The van der Waals surface area contributed by atoms with E-state index in [-0.39, 0.29) is 13.1 Å². The van der Waals surface area contributed by atoms with Gasteiger partial charge in [0.15, 0.2) is 0 Å². The van der Waals surface area contributed by atoms with E-state index in [0.717, 1.165) is 15.5 Å². The number of benzene rings is 1. The van der Waals surface area contributed by atoms with Gasteiger partial charge >= 0.3 is 12.1 Å². The minimum absolute atomic E-state index is 0.0531. The molecule has 1 atom stereocenters. The number of β-lactam (4-membered cyclic amide) rings is 1. The third-order valence-electron chi connectivity index (χ3n) is 2.93. The van der Waals surface area contributed by atoms with E-state index in [2.05, 4.69) is 4.84 Å².